The van der Waals surface area contributed by atoms with Gasteiger partial charge < -0.3 is 24.5 Å². The summed E-state index contributed by atoms with van der Waals surface area (Å²) >= 11 is 6.10. The second-order valence-corrected chi connectivity index (χ2v) is 11.6. The number of ketones is 1. The molecule has 5 aromatic rings. The van der Waals surface area contributed by atoms with Crippen molar-refractivity contribution in [3.63, 3.8) is 0 Å². The molecule has 236 valence electrons. The van der Waals surface area contributed by atoms with Crippen LogP contribution in [0, 0.1) is 11.6 Å². The Morgan fingerprint density at radius 3 is 2.48 bits per heavy atom. The van der Waals surface area contributed by atoms with Crippen molar-refractivity contribution in [2.75, 3.05) is 19.0 Å². The number of carboxylic acid groups (broad SMARTS) is 1. The summed E-state index contributed by atoms with van der Waals surface area (Å²) in [6.07, 6.45) is -0.245. The maximum atomic E-state index is 15.8. The van der Waals surface area contributed by atoms with Crippen LogP contribution >= 0.6 is 11.6 Å². The lowest BCUT2D eigenvalue weighted by atomic mass is 9.97. The predicted molar refractivity (Wildman–Crippen MR) is 170 cm³/mol. The zero-order valence-corrected chi connectivity index (χ0v) is 25.8. The van der Waals surface area contributed by atoms with E-state index in [1.165, 1.54) is 19.1 Å². The maximum absolute atomic E-state index is 15.8. The number of carbonyl (C=O) groups is 2. The Kier molecular flexibility index (Phi) is 8.50. The molecule has 1 aliphatic heterocycles. The number of imidazole rings is 1. The molecule has 0 saturated heterocycles. The van der Waals surface area contributed by atoms with Crippen molar-refractivity contribution in [1.29, 1.82) is 0 Å². The molecule has 0 bridgehead atoms. The van der Waals surface area contributed by atoms with Crippen molar-refractivity contribution in [2.45, 2.75) is 38.5 Å². The van der Waals surface area contributed by atoms with Gasteiger partial charge in [0.05, 0.1) is 29.7 Å². The zero-order chi connectivity index (χ0) is 32.6. The standard InChI is InChI=1S/C35H30ClF2N3O5/c1-20(42)21-6-11-29-31(18-21)41(14-15-45-2)32(39-29)19-26-27(37)16-22(17-28(26)38)25-4-3-5-30-34(25)46-35(40-30,13-12-33(43)44)23-7-9-24(36)10-8-23/h3-11,16-18,40H,12-15,19H2,1-2H3,(H,43,44). The third kappa shape index (κ3) is 5.93. The van der Waals surface area contributed by atoms with Crippen molar-refractivity contribution < 1.29 is 33.0 Å². The highest BCUT2D eigenvalue weighted by Gasteiger charge is 2.42. The van der Waals surface area contributed by atoms with E-state index in [9.17, 15) is 14.7 Å². The Balaban J connectivity index is 1.36. The van der Waals surface area contributed by atoms with Crippen LogP contribution in [0.15, 0.2) is 72.8 Å². The molecule has 1 atom stereocenters. The number of methoxy groups -OCH3 is 1. The van der Waals surface area contributed by atoms with Crippen molar-refractivity contribution in [2.24, 2.45) is 0 Å². The minimum atomic E-state index is -1.23. The first kappa shape index (κ1) is 31.2. The van der Waals surface area contributed by atoms with Gasteiger partial charge in [0.15, 0.2) is 11.5 Å². The minimum absolute atomic E-state index is 0.0811. The second kappa shape index (κ2) is 12.5. The highest BCUT2D eigenvalue weighted by molar-refractivity contribution is 6.30. The van der Waals surface area contributed by atoms with Gasteiger partial charge in [0, 0.05) is 53.8 Å². The summed E-state index contributed by atoms with van der Waals surface area (Å²) in [4.78, 5) is 28.2. The number of fused-ring (bicyclic) bond motifs is 2. The molecule has 0 amide bonds. The first-order valence-corrected chi connectivity index (χ1v) is 15.0. The van der Waals surface area contributed by atoms with Crippen molar-refractivity contribution in [3.8, 4) is 16.9 Å². The third-order valence-electron chi connectivity index (χ3n) is 8.17. The lowest BCUT2D eigenvalue weighted by molar-refractivity contribution is -0.138. The largest absolute Gasteiger partial charge is 0.481 e. The summed E-state index contributed by atoms with van der Waals surface area (Å²) in [7, 11) is 1.56. The molecule has 8 nitrogen and oxygen atoms in total. The molecule has 46 heavy (non-hydrogen) atoms. The van der Waals surface area contributed by atoms with Gasteiger partial charge in [-0.1, -0.05) is 35.9 Å². The minimum Gasteiger partial charge on any atom is -0.481 e. The Labute approximate surface area is 268 Å². The number of carbonyl (C=O) groups excluding carboxylic acids is 1. The average Bonchev–Trinajstić information content (AvgIpc) is 3.59. The summed E-state index contributed by atoms with van der Waals surface area (Å²) in [6, 6.07) is 19.7. The number of hydrogen-bond donors (Lipinski definition) is 2. The molecule has 0 saturated carbocycles. The third-order valence-corrected chi connectivity index (χ3v) is 8.42. The zero-order valence-electron chi connectivity index (χ0n) is 25.1. The van der Waals surface area contributed by atoms with Crippen molar-refractivity contribution in [1.82, 2.24) is 9.55 Å². The predicted octanol–water partition coefficient (Wildman–Crippen LogP) is 7.60. The Bertz CT molecular complexity index is 1950. The van der Waals surface area contributed by atoms with E-state index in [4.69, 9.17) is 21.1 Å². The lowest BCUT2D eigenvalue weighted by Gasteiger charge is -2.29. The van der Waals surface area contributed by atoms with E-state index in [1.54, 1.807) is 67.8 Å². The van der Waals surface area contributed by atoms with Crippen LogP contribution in [-0.2, 0) is 28.2 Å². The van der Waals surface area contributed by atoms with Gasteiger partial charge in [-0.05, 0) is 61.0 Å². The van der Waals surface area contributed by atoms with E-state index >= 15 is 8.78 Å². The van der Waals surface area contributed by atoms with E-state index < -0.39 is 23.3 Å². The molecule has 0 fully saturated rings. The second-order valence-electron chi connectivity index (χ2n) is 11.2. The normalized spacial score (nSPS) is 15.4. The number of carboxylic acids is 1. The van der Waals surface area contributed by atoms with E-state index in [1.807, 2.05) is 4.57 Å². The monoisotopic (exact) mass is 645 g/mol. The van der Waals surface area contributed by atoms with Crippen molar-refractivity contribution >= 4 is 40.1 Å². The molecule has 0 spiro atoms. The molecule has 0 radical (unpaired) electrons. The van der Waals surface area contributed by atoms with Crippen LogP contribution in [0.2, 0.25) is 5.02 Å². The number of para-hydroxylation sites is 1. The summed E-state index contributed by atoms with van der Waals surface area (Å²) in [5.41, 5.74) is 2.29. The summed E-state index contributed by atoms with van der Waals surface area (Å²) < 4.78 is 45.2. The molecular formula is C35H30ClF2N3O5. The number of nitrogens with zero attached hydrogens (tertiary/aromatic N) is 2. The number of rotatable bonds is 11. The lowest BCUT2D eigenvalue weighted by Crippen LogP contribution is -2.37. The van der Waals surface area contributed by atoms with Crippen LogP contribution < -0.4 is 10.1 Å². The van der Waals surface area contributed by atoms with Crippen LogP contribution in [0.4, 0.5) is 14.5 Å². The van der Waals surface area contributed by atoms with E-state index in [0.29, 0.717) is 63.2 Å². The molecule has 1 unspecified atom stereocenters. The number of ether oxygens (including phenoxy) is 2. The molecule has 1 aliphatic rings. The molecule has 2 heterocycles. The highest BCUT2D eigenvalue weighted by atomic mass is 35.5. The maximum Gasteiger partial charge on any atom is 0.303 e. The molecule has 2 N–H and O–H groups in total. The smallest absolute Gasteiger partial charge is 0.303 e. The Hall–Kier alpha value is -4.80. The van der Waals surface area contributed by atoms with Crippen LogP contribution in [0.3, 0.4) is 0 Å². The number of aliphatic carboxylic acids is 1. The first-order valence-electron chi connectivity index (χ1n) is 14.6. The first-order chi connectivity index (χ1) is 22.1. The van der Waals surface area contributed by atoms with E-state index in [0.717, 1.165) is 0 Å². The van der Waals surface area contributed by atoms with Gasteiger partial charge >= 0.3 is 5.97 Å². The quantitative estimate of drug-likeness (QED) is 0.143. The molecule has 1 aromatic heterocycles. The van der Waals surface area contributed by atoms with Crippen LogP contribution in [-0.4, -0.2) is 40.1 Å². The summed E-state index contributed by atoms with van der Waals surface area (Å²) in [5, 5.41) is 13.3. The Morgan fingerprint density at radius 2 is 1.80 bits per heavy atom. The molecule has 11 heteroatoms. The van der Waals surface area contributed by atoms with E-state index in [-0.39, 0.29) is 36.2 Å². The number of nitrogens with one attached hydrogen (secondary N) is 1. The number of anilines is 1. The Morgan fingerprint density at radius 1 is 1.07 bits per heavy atom. The SMILES string of the molecule is COCCn1c(Cc2c(F)cc(-c3cccc4c3OC(CCC(=O)O)(c3ccc(Cl)cc3)N4)cc2F)nc2ccc(C(C)=O)cc21. The van der Waals surface area contributed by atoms with E-state index in [2.05, 4.69) is 10.3 Å². The number of Topliss-reactive ketones (excluding diaryl/α,β-unsaturated/α-hetero) is 1. The fourth-order valence-electron chi connectivity index (χ4n) is 5.83. The number of benzene rings is 4. The van der Waals surface area contributed by atoms with Crippen molar-refractivity contribution in [3.05, 3.63) is 112 Å². The molecular weight excluding hydrogens is 616 g/mol. The summed E-state index contributed by atoms with van der Waals surface area (Å²) in [5.74, 6) is -1.85. The fraction of sp³-hybridized carbons (Fsp3) is 0.229. The van der Waals surface area contributed by atoms with Gasteiger partial charge in [0.1, 0.15) is 17.5 Å². The van der Waals surface area contributed by atoms with Gasteiger partial charge in [-0.15, -0.1) is 0 Å². The number of aromatic nitrogens is 2. The number of hydrogen-bond acceptors (Lipinski definition) is 6. The van der Waals surface area contributed by atoms with Gasteiger partial charge in [-0.25, -0.2) is 13.8 Å². The average molecular weight is 646 g/mol. The summed E-state index contributed by atoms with van der Waals surface area (Å²) in [6.45, 7) is 2.19. The van der Waals surface area contributed by atoms with Gasteiger partial charge in [-0.2, -0.15) is 0 Å². The molecule has 6 rings (SSSR count). The van der Waals surface area contributed by atoms with Gasteiger partial charge in [0.25, 0.3) is 0 Å². The highest BCUT2D eigenvalue weighted by Crippen LogP contribution is 2.49. The topological polar surface area (TPSA) is 103 Å². The fourth-order valence-corrected chi connectivity index (χ4v) is 5.95. The number of halogens is 3. The molecule has 4 aromatic carbocycles. The molecule has 0 aliphatic carbocycles. The van der Waals surface area contributed by atoms with Gasteiger partial charge in [-0.3, -0.25) is 9.59 Å². The van der Waals surface area contributed by atoms with Gasteiger partial charge in [0.2, 0.25) is 5.72 Å². The van der Waals surface area contributed by atoms with Crippen LogP contribution in [0.1, 0.15) is 47.1 Å². The van der Waals surface area contributed by atoms with Crippen LogP contribution in [0.5, 0.6) is 5.75 Å². The van der Waals surface area contributed by atoms with Crippen LogP contribution in [0.25, 0.3) is 22.2 Å².